The number of hydrogen-bond acceptors (Lipinski definition) is 4. The lowest BCUT2D eigenvalue weighted by Crippen LogP contribution is -2.09. The maximum atomic E-state index is 11.2. The van der Waals surface area contributed by atoms with Gasteiger partial charge in [0.1, 0.15) is 11.5 Å². The maximum Gasteiger partial charge on any atom is 0.356 e. The predicted octanol–water partition coefficient (Wildman–Crippen LogP) is 0.920. The van der Waals surface area contributed by atoms with Crippen molar-refractivity contribution < 1.29 is 24.5 Å². The standard InChI is InChI=1S/C12H12N2O5/c1-19-6-5-9-13-10(12(17)18)7-3-2-4-8(11(15)16)14(7)9/h2-4H,5-6H2,1H3,(H,15,16)(H,17,18). The Balaban J connectivity index is 2.72. The molecule has 0 saturated heterocycles. The van der Waals surface area contributed by atoms with Crippen LogP contribution in [0, 0.1) is 0 Å². The molecule has 0 bridgehead atoms. The van der Waals surface area contributed by atoms with E-state index in [9.17, 15) is 9.59 Å². The average molecular weight is 264 g/mol. The molecule has 2 aromatic heterocycles. The van der Waals surface area contributed by atoms with E-state index in [1.54, 1.807) is 0 Å². The molecule has 0 radical (unpaired) electrons. The monoisotopic (exact) mass is 264 g/mol. The fourth-order valence-electron chi connectivity index (χ4n) is 1.89. The van der Waals surface area contributed by atoms with E-state index in [4.69, 9.17) is 14.9 Å². The third-order valence-electron chi connectivity index (χ3n) is 2.68. The summed E-state index contributed by atoms with van der Waals surface area (Å²) in [6, 6.07) is 4.42. The second-order valence-corrected chi connectivity index (χ2v) is 3.86. The summed E-state index contributed by atoms with van der Waals surface area (Å²) in [5.74, 6) is -1.98. The number of nitrogens with zero attached hydrogens (tertiary/aromatic N) is 2. The van der Waals surface area contributed by atoms with Crippen molar-refractivity contribution in [2.75, 3.05) is 13.7 Å². The lowest BCUT2D eigenvalue weighted by Gasteiger charge is -2.04. The van der Waals surface area contributed by atoms with Gasteiger partial charge in [-0.05, 0) is 12.1 Å². The largest absolute Gasteiger partial charge is 0.477 e. The molecule has 0 unspecified atom stereocenters. The summed E-state index contributed by atoms with van der Waals surface area (Å²) < 4.78 is 6.25. The van der Waals surface area contributed by atoms with E-state index in [0.717, 1.165) is 0 Å². The number of rotatable bonds is 5. The van der Waals surface area contributed by atoms with Crippen LogP contribution < -0.4 is 0 Å². The summed E-state index contributed by atoms with van der Waals surface area (Å²) in [6.45, 7) is 0.326. The highest BCUT2D eigenvalue weighted by atomic mass is 16.5. The van der Waals surface area contributed by atoms with Crippen molar-refractivity contribution in [1.29, 1.82) is 0 Å². The van der Waals surface area contributed by atoms with E-state index in [0.29, 0.717) is 18.9 Å². The van der Waals surface area contributed by atoms with Crippen molar-refractivity contribution >= 4 is 17.5 Å². The van der Waals surface area contributed by atoms with Crippen molar-refractivity contribution in [2.45, 2.75) is 6.42 Å². The molecule has 0 amide bonds. The number of methoxy groups -OCH3 is 1. The molecule has 0 fully saturated rings. The smallest absolute Gasteiger partial charge is 0.356 e. The average Bonchev–Trinajstić information content (AvgIpc) is 2.75. The normalized spacial score (nSPS) is 10.8. The predicted molar refractivity (Wildman–Crippen MR) is 64.7 cm³/mol. The number of hydrogen-bond donors (Lipinski definition) is 2. The Morgan fingerprint density at radius 3 is 2.63 bits per heavy atom. The zero-order valence-electron chi connectivity index (χ0n) is 10.2. The fourth-order valence-corrected chi connectivity index (χ4v) is 1.89. The lowest BCUT2D eigenvalue weighted by atomic mass is 10.3. The Kier molecular flexibility index (Phi) is 3.48. The molecule has 0 saturated carbocycles. The maximum absolute atomic E-state index is 11.2. The highest BCUT2D eigenvalue weighted by molar-refractivity contribution is 5.95. The Bertz CT molecular complexity index is 647. The van der Waals surface area contributed by atoms with Crippen LogP contribution in [0.25, 0.3) is 5.52 Å². The first kappa shape index (κ1) is 13.0. The highest BCUT2D eigenvalue weighted by Crippen LogP contribution is 2.17. The van der Waals surface area contributed by atoms with Crippen LogP contribution in [0.15, 0.2) is 18.2 Å². The highest BCUT2D eigenvalue weighted by Gasteiger charge is 2.20. The van der Waals surface area contributed by atoms with Gasteiger partial charge in [-0.25, -0.2) is 14.6 Å². The summed E-state index contributed by atoms with van der Waals surface area (Å²) in [4.78, 5) is 26.3. The van der Waals surface area contributed by atoms with E-state index >= 15 is 0 Å². The molecule has 19 heavy (non-hydrogen) atoms. The van der Waals surface area contributed by atoms with Crippen LogP contribution in [0.5, 0.6) is 0 Å². The number of carbonyl (C=O) groups is 2. The van der Waals surface area contributed by atoms with Gasteiger partial charge in [-0.3, -0.25) is 4.40 Å². The summed E-state index contributed by atoms with van der Waals surface area (Å²) in [7, 11) is 1.51. The van der Waals surface area contributed by atoms with Crippen molar-refractivity contribution in [3.63, 3.8) is 0 Å². The van der Waals surface area contributed by atoms with Gasteiger partial charge in [-0.1, -0.05) is 6.07 Å². The van der Waals surface area contributed by atoms with Crippen LogP contribution in [-0.4, -0.2) is 45.3 Å². The molecule has 7 heteroatoms. The number of imidazole rings is 1. The number of aromatic carboxylic acids is 2. The number of carboxylic acid groups (broad SMARTS) is 2. The van der Waals surface area contributed by atoms with E-state index in [1.165, 1.54) is 29.7 Å². The number of carboxylic acids is 2. The van der Waals surface area contributed by atoms with E-state index in [1.807, 2.05) is 0 Å². The Morgan fingerprint density at radius 2 is 2.05 bits per heavy atom. The van der Waals surface area contributed by atoms with Crippen molar-refractivity contribution in [3.05, 3.63) is 35.4 Å². The minimum Gasteiger partial charge on any atom is -0.477 e. The molecular weight excluding hydrogens is 252 g/mol. The summed E-state index contributed by atoms with van der Waals surface area (Å²) >= 11 is 0. The number of ether oxygens (including phenoxy) is 1. The quantitative estimate of drug-likeness (QED) is 0.832. The first-order valence-corrected chi connectivity index (χ1v) is 5.52. The van der Waals surface area contributed by atoms with Crippen LogP contribution >= 0.6 is 0 Å². The molecule has 7 nitrogen and oxygen atoms in total. The zero-order chi connectivity index (χ0) is 14.0. The number of aromatic nitrogens is 2. The molecule has 0 aliphatic heterocycles. The molecule has 2 rings (SSSR count). The lowest BCUT2D eigenvalue weighted by molar-refractivity contribution is 0.0678. The van der Waals surface area contributed by atoms with Crippen LogP contribution in [0.2, 0.25) is 0 Å². The molecule has 0 aliphatic rings. The Labute approximate surface area is 108 Å². The van der Waals surface area contributed by atoms with Gasteiger partial charge in [-0.15, -0.1) is 0 Å². The van der Waals surface area contributed by atoms with Crippen molar-refractivity contribution in [3.8, 4) is 0 Å². The third kappa shape index (κ3) is 2.27. The SMILES string of the molecule is COCCc1nc(C(=O)O)c2cccc(C(=O)O)n12. The van der Waals surface area contributed by atoms with Crippen LogP contribution in [0.1, 0.15) is 26.8 Å². The van der Waals surface area contributed by atoms with Gasteiger partial charge < -0.3 is 14.9 Å². The number of fused-ring (bicyclic) bond motifs is 1. The molecule has 2 N–H and O–H groups in total. The van der Waals surface area contributed by atoms with Gasteiger partial charge in [0.15, 0.2) is 5.69 Å². The molecule has 0 aliphatic carbocycles. The van der Waals surface area contributed by atoms with Gasteiger partial charge in [-0.2, -0.15) is 0 Å². The van der Waals surface area contributed by atoms with Gasteiger partial charge >= 0.3 is 11.9 Å². The summed E-state index contributed by atoms with van der Waals surface area (Å²) in [6.07, 6.45) is 0.329. The molecule has 2 aromatic rings. The molecule has 0 atom stereocenters. The van der Waals surface area contributed by atoms with Crippen LogP contribution in [0.3, 0.4) is 0 Å². The third-order valence-corrected chi connectivity index (χ3v) is 2.68. The van der Waals surface area contributed by atoms with Crippen molar-refractivity contribution in [1.82, 2.24) is 9.38 Å². The van der Waals surface area contributed by atoms with E-state index < -0.39 is 11.9 Å². The topological polar surface area (TPSA) is 101 Å². The molecule has 0 spiro atoms. The van der Waals surface area contributed by atoms with Crippen LogP contribution in [-0.2, 0) is 11.2 Å². The van der Waals surface area contributed by atoms with Gasteiger partial charge in [0.25, 0.3) is 0 Å². The van der Waals surface area contributed by atoms with E-state index in [2.05, 4.69) is 4.98 Å². The minimum atomic E-state index is -1.19. The van der Waals surface area contributed by atoms with Gasteiger partial charge in [0.05, 0.1) is 12.1 Å². The molecular formula is C12H12N2O5. The number of pyridine rings is 1. The molecule has 100 valence electrons. The second kappa shape index (κ2) is 5.07. The van der Waals surface area contributed by atoms with Gasteiger partial charge in [0, 0.05) is 13.5 Å². The first-order chi connectivity index (χ1) is 9.06. The minimum absolute atomic E-state index is 0.0244. The summed E-state index contributed by atoms with van der Waals surface area (Å²) in [5.41, 5.74) is 0.0799. The zero-order valence-corrected chi connectivity index (χ0v) is 10.2. The second-order valence-electron chi connectivity index (χ2n) is 3.86. The fraction of sp³-hybridized carbons (Fsp3) is 0.250. The summed E-state index contributed by atoms with van der Waals surface area (Å²) in [5, 5.41) is 18.2. The Morgan fingerprint density at radius 1 is 1.32 bits per heavy atom. The van der Waals surface area contributed by atoms with E-state index in [-0.39, 0.29) is 16.9 Å². The van der Waals surface area contributed by atoms with Crippen LogP contribution in [0.4, 0.5) is 0 Å². The van der Waals surface area contributed by atoms with Crippen molar-refractivity contribution in [2.24, 2.45) is 0 Å². The van der Waals surface area contributed by atoms with Gasteiger partial charge in [0.2, 0.25) is 0 Å². The first-order valence-electron chi connectivity index (χ1n) is 5.52. The molecule has 0 aromatic carbocycles. The molecule has 2 heterocycles. The Hall–Kier alpha value is -2.41.